The third-order valence-electron chi connectivity index (χ3n) is 4.39. The summed E-state index contributed by atoms with van der Waals surface area (Å²) in [6.45, 7) is 6.17. The van der Waals surface area contributed by atoms with Crippen molar-refractivity contribution in [2.45, 2.75) is 26.2 Å². The molecule has 2 aromatic rings. The molecule has 1 aliphatic rings. The van der Waals surface area contributed by atoms with Crippen LogP contribution in [-0.4, -0.2) is 12.2 Å². The molecular weight excluding hydrogens is 266 g/mol. The summed E-state index contributed by atoms with van der Waals surface area (Å²) in [7, 11) is 1.93. The van der Waals surface area contributed by atoms with Gasteiger partial charge in [-0.05, 0) is 30.2 Å². The number of hydrogen-bond acceptors (Lipinski definition) is 4. The van der Waals surface area contributed by atoms with Gasteiger partial charge in [-0.15, -0.1) is 0 Å². The van der Waals surface area contributed by atoms with Gasteiger partial charge in [0.15, 0.2) is 5.75 Å². The lowest BCUT2D eigenvalue weighted by molar-refractivity contribution is 0.461. The van der Waals surface area contributed by atoms with Crippen LogP contribution in [0.5, 0.6) is 5.75 Å². The molecule has 0 aliphatic carbocycles. The molecule has 0 amide bonds. The van der Waals surface area contributed by atoms with Gasteiger partial charge in [-0.25, -0.2) is 0 Å². The molecule has 0 unspecified atom stereocenters. The van der Waals surface area contributed by atoms with Gasteiger partial charge < -0.3 is 10.0 Å². The van der Waals surface area contributed by atoms with Crippen LogP contribution in [0.3, 0.4) is 0 Å². The van der Waals surface area contributed by atoms with Crippen LogP contribution in [0.25, 0.3) is 6.08 Å². The summed E-state index contributed by atoms with van der Waals surface area (Å²) < 4.78 is 0. The Labute approximate surface area is 122 Å². The summed E-state index contributed by atoms with van der Waals surface area (Å²) in [5.74, 6) is -0.427. The van der Waals surface area contributed by atoms with E-state index in [0.717, 1.165) is 16.9 Å². The number of nitrogens with zero attached hydrogens (tertiary/aromatic N) is 1. The summed E-state index contributed by atoms with van der Waals surface area (Å²) in [5.41, 5.74) is 2.72. The van der Waals surface area contributed by atoms with Crippen molar-refractivity contribution in [3.8, 4) is 5.75 Å². The molecule has 1 aliphatic heterocycles. The smallest absolute Gasteiger partial charge is 0.268 e. The molecule has 0 saturated heterocycles. The maximum Gasteiger partial charge on any atom is 0.268 e. The van der Waals surface area contributed by atoms with E-state index in [1.807, 2.05) is 18.9 Å². The molecule has 3 rings (SSSR count). The summed E-state index contributed by atoms with van der Waals surface area (Å²) in [4.78, 5) is 24.7. The normalized spacial score (nSPS) is 18.5. The minimum Gasteiger partial charge on any atom is -0.504 e. The van der Waals surface area contributed by atoms with Crippen LogP contribution < -0.4 is 15.8 Å². The molecule has 0 radical (unpaired) electrons. The van der Waals surface area contributed by atoms with Crippen LogP contribution in [0.15, 0.2) is 33.5 Å². The molecule has 1 heterocycles. The Kier molecular flexibility index (Phi) is 2.64. The molecule has 108 valence electrons. The summed E-state index contributed by atoms with van der Waals surface area (Å²) in [6, 6.07) is 6.25. The maximum absolute atomic E-state index is 11.6. The lowest BCUT2D eigenvalue weighted by atomic mass is 9.82. The Morgan fingerprint density at radius 1 is 1.19 bits per heavy atom. The van der Waals surface area contributed by atoms with Gasteiger partial charge in [0.25, 0.3) is 5.43 Å². The molecule has 0 bridgehead atoms. The van der Waals surface area contributed by atoms with Gasteiger partial charge >= 0.3 is 0 Å². The van der Waals surface area contributed by atoms with Crippen molar-refractivity contribution >= 4 is 11.8 Å². The van der Waals surface area contributed by atoms with Crippen molar-refractivity contribution in [3.63, 3.8) is 0 Å². The first-order valence-corrected chi connectivity index (χ1v) is 6.84. The SMILES string of the molecule is Cc1ccc2c(c1)N(C)/C(=C/c1c(O)c(=O)c1=O)C2(C)C. The second-order valence-corrected chi connectivity index (χ2v) is 6.15. The Balaban J connectivity index is 2.19. The van der Waals surface area contributed by atoms with Crippen molar-refractivity contribution in [2.75, 3.05) is 11.9 Å². The third-order valence-corrected chi connectivity index (χ3v) is 4.39. The van der Waals surface area contributed by atoms with E-state index >= 15 is 0 Å². The number of aryl methyl sites for hydroxylation is 1. The highest BCUT2D eigenvalue weighted by Gasteiger charge is 2.39. The standard InChI is InChI=1S/C17H17NO3/c1-9-5-6-11-12(7-9)18(4)13(17(11,2)3)8-10-14(19)16(21)15(10)20/h5-8,19H,1-4H3/b13-8+. The molecule has 21 heavy (non-hydrogen) atoms. The number of likely N-dealkylation sites (N-methyl/N-ethyl adjacent to an activating group) is 1. The van der Waals surface area contributed by atoms with E-state index in [1.54, 1.807) is 6.08 Å². The van der Waals surface area contributed by atoms with Gasteiger partial charge in [-0.2, -0.15) is 0 Å². The monoisotopic (exact) mass is 283 g/mol. The first kappa shape index (κ1) is 13.6. The van der Waals surface area contributed by atoms with Crippen LogP contribution >= 0.6 is 0 Å². The maximum atomic E-state index is 11.6. The van der Waals surface area contributed by atoms with Gasteiger partial charge in [-0.3, -0.25) is 9.59 Å². The fraction of sp³-hybridized carbons (Fsp3) is 0.294. The molecular formula is C17H17NO3. The van der Waals surface area contributed by atoms with Crippen LogP contribution in [0.2, 0.25) is 0 Å². The van der Waals surface area contributed by atoms with Crippen molar-refractivity contribution in [1.29, 1.82) is 0 Å². The highest BCUT2D eigenvalue weighted by atomic mass is 16.3. The highest BCUT2D eigenvalue weighted by Crippen LogP contribution is 2.47. The molecule has 0 saturated carbocycles. The van der Waals surface area contributed by atoms with E-state index in [9.17, 15) is 14.7 Å². The zero-order valence-corrected chi connectivity index (χ0v) is 12.5. The molecule has 0 aromatic heterocycles. The molecule has 0 atom stereocenters. The number of fused-ring (bicyclic) bond motifs is 1. The number of aromatic hydroxyl groups is 1. The van der Waals surface area contributed by atoms with E-state index in [1.165, 1.54) is 5.56 Å². The molecule has 4 heteroatoms. The largest absolute Gasteiger partial charge is 0.504 e. The number of hydrogen-bond donors (Lipinski definition) is 1. The fourth-order valence-electron chi connectivity index (χ4n) is 3.08. The summed E-state index contributed by atoms with van der Waals surface area (Å²) in [5, 5.41) is 9.57. The van der Waals surface area contributed by atoms with E-state index in [-0.39, 0.29) is 11.0 Å². The molecule has 1 N–H and O–H groups in total. The van der Waals surface area contributed by atoms with Gasteiger partial charge in [-0.1, -0.05) is 26.0 Å². The zero-order chi connectivity index (χ0) is 15.5. The predicted octanol–water partition coefficient (Wildman–Crippen LogP) is 2.07. The third kappa shape index (κ3) is 1.68. The zero-order valence-electron chi connectivity index (χ0n) is 12.5. The van der Waals surface area contributed by atoms with Gasteiger partial charge in [0.05, 0.1) is 5.56 Å². The van der Waals surface area contributed by atoms with Crippen LogP contribution in [0.4, 0.5) is 5.69 Å². The number of allylic oxidation sites excluding steroid dienone is 1. The second-order valence-electron chi connectivity index (χ2n) is 6.15. The molecule has 2 aromatic carbocycles. The van der Waals surface area contributed by atoms with E-state index in [0.29, 0.717) is 0 Å². The number of anilines is 1. The number of benzene rings is 1. The average Bonchev–Trinajstić information content (AvgIpc) is 2.63. The van der Waals surface area contributed by atoms with Crippen LogP contribution in [0, 0.1) is 6.92 Å². The summed E-state index contributed by atoms with van der Waals surface area (Å²) in [6.07, 6.45) is 1.63. The van der Waals surface area contributed by atoms with E-state index < -0.39 is 16.6 Å². The number of rotatable bonds is 1. The fourth-order valence-corrected chi connectivity index (χ4v) is 3.08. The predicted molar refractivity (Wildman–Crippen MR) is 83.6 cm³/mol. The first-order valence-electron chi connectivity index (χ1n) is 6.84. The van der Waals surface area contributed by atoms with E-state index in [2.05, 4.69) is 32.0 Å². The highest BCUT2D eigenvalue weighted by molar-refractivity contribution is 5.77. The first-order chi connectivity index (χ1) is 9.75. The topological polar surface area (TPSA) is 57.6 Å². The minimum atomic E-state index is -0.798. The van der Waals surface area contributed by atoms with E-state index in [4.69, 9.17) is 0 Å². The Morgan fingerprint density at radius 2 is 1.86 bits per heavy atom. The van der Waals surface area contributed by atoms with Crippen LogP contribution in [-0.2, 0) is 5.41 Å². The molecule has 4 nitrogen and oxygen atoms in total. The molecule has 0 fully saturated rings. The van der Waals surface area contributed by atoms with Crippen molar-refractivity contribution < 1.29 is 5.11 Å². The quantitative estimate of drug-likeness (QED) is 0.814. The van der Waals surface area contributed by atoms with Gasteiger partial charge in [0.2, 0.25) is 5.43 Å². The molecule has 0 spiro atoms. The van der Waals surface area contributed by atoms with Crippen molar-refractivity contribution in [3.05, 3.63) is 61.0 Å². The minimum absolute atomic E-state index is 0.111. The lowest BCUT2D eigenvalue weighted by Gasteiger charge is -2.24. The Hall–Kier alpha value is -2.36. The average molecular weight is 283 g/mol. The Bertz CT molecular complexity index is 851. The van der Waals surface area contributed by atoms with Crippen molar-refractivity contribution in [2.24, 2.45) is 0 Å². The lowest BCUT2D eigenvalue weighted by Crippen LogP contribution is -2.33. The second kappa shape index (κ2) is 4.07. The van der Waals surface area contributed by atoms with Crippen LogP contribution in [0.1, 0.15) is 30.5 Å². The van der Waals surface area contributed by atoms with Gasteiger partial charge in [0.1, 0.15) is 0 Å². The van der Waals surface area contributed by atoms with Gasteiger partial charge in [0, 0.05) is 23.8 Å². The summed E-state index contributed by atoms with van der Waals surface area (Å²) >= 11 is 0. The Morgan fingerprint density at radius 3 is 2.48 bits per heavy atom. The van der Waals surface area contributed by atoms with Crippen molar-refractivity contribution in [1.82, 2.24) is 0 Å².